The molecule has 7 heteroatoms. The first kappa shape index (κ1) is 16.0. The van der Waals surface area contributed by atoms with Gasteiger partial charge in [0.05, 0.1) is 5.02 Å². The van der Waals surface area contributed by atoms with E-state index < -0.39 is 10.0 Å². The van der Waals surface area contributed by atoms with E-state index in [1.807, 2.05) is 0 Å². The highest BCUT2D eigenvalue weighted by Crippen LogP contribution is 2.34. The van der Waals surface area contributed by atoms with Gasteiger partial charge in [0.2, 0.25) is 10.0 Å². The van der Waals surface area contributed by atoms with Gasteiger partial charge in [-0.3, -0.25) is 0 Å². The van der Waals surface area contributed by atoms with Crippen molar-refractivity contribution in [3.8, 4) is 0 Å². The average Bonchev–Trinajstić information content (AvgIpc) is 2.30. The summed E-state index contributed by atoms with van der Waals surface area (Å²) in [6, 6.07) is 3.14. The van der Waals surface area contributed by atoms with Crippen LogP contribution in [0.5, 0.6) is 0 Å². The Hall–Kier alpha value is -0.330. The zero-order chi connectivity index (χ0) is 14.9. The van der Waals surface area contributed by atoms with Crippen molar-refractivity contribution in [1.29, 1.82) is 0 Å². The summed E-state index contributed by atoms with van der Waals surface area (Å²) < 4.78 is 26.7. The lowest BCUT2D eigenvalue weighted by atomic mass is 9.94. The van der Waals surface area contributed by atoms with E-state index in [2.05, 4.69) is 5.32 Å². The standard InChI is InChI=1S/C13H18Cl2N2O2S/c1-16-8-9-6-13(12(15)7-11(9)14)20(18,19)17(2)10-4-3-5-10/h6-7,10,16H,3-5,8H2,1-2H3. The summed E-state index contributed by atoms with van der Waals surface area (Å²) in [7, 11) is -0.182. The molecule has 1 saturated carbocycles. The normalized spacial score (nSPS) is 16.4. The highest BCUT2D eigenvalue weighted by Gasteiger charge is 2.33. The maximum Gasteiger partial charge on any atom is 0.244 e. The maximum atomic E-state index is 12.6. The molecule has 0 heterocycles. The molecule has 1 aromatic carbocycles. The number of hydrogen-bond donors (Lipinski definition) is 1. The molecule has 1 aromatic rings. The molecule has 0 amide bonds. The summed E-state index contributed by atoms with van der Waals surface area (Å²) in [5.41, 5.74) is 0.721. The van der Waals surface area contributed by atoms with Crippen LogP contribution in [0.1, 0.15) is 24.8 Å². The monoisotopic (exact) mass is 336 g/mol. The van der Waals surface area contributed by atoms with Crippen LogP contribution in [-0.4, -0.2) is 32.9 Å². The van der Waals surface area contributed by atoms with Gasteiger partial charge in [-0.05, 0) is 37.6 Å². The van der Waals surface area contributed by atoms with Crippen LogP contribution in [0.15, 0.2) is 17.0 Å². The maximum absolute atomic E-state index is 12.6. The fourth-order valence-corrected chi connectivity index (χ4v) is 4.45. The van der Waals surface area contributed by atoms with Gasteiger partial charge in [-0.1, -0.05) is 29.6 Å². The summed E-state index contributed by atoms with van der Waals surface area (Å²) in [5.74, 6) is 0. The van der Waals surface area contributed by atoms with Crippen LogP contribution in [0.3, 0.4) is 0 Å². The molecule has 1 N–H and O–H groups in total. The second-order valence-corrected chi connectivity index (χ2v) is 7.79. The second kappa shape index (κ2) is 6.20. The number of halogens is 2. The van der Waals surface area contributed by atoms with Gasteiger partial charge in [0.1, 0.15) is 4.90 Å². The third-order valence-corrected chi connectivity index (χ3v) is 6.44. The fraction of sp³-hybridized carbons (Fsp3) is 0.538. The fourth-order valence-electron chi connectivity index (χ4n) is 2.20. The van der Waals surface area contributed by atoms with Crippen molar-refractivity contribution < 1.29 is 8.42 Å². The van der Waals surface area contributed by atoms with Gasteiger partial charge in [-0.25, -0.2) is 8.42 Å². The Morgan fingerprint density at radius 2 is 1.95 bits per heavy atom. The zero-order valence-corrected chi connectivity index (χ0v) is 13.8. The van der Waals surface area contributed by atoms with Gasteiger partial charge >= 0.3 is 0 Å². The molecule has 20 heavy (non-hydrogen) atoms. The van der Waals surface area contributed by atoms with Gasteiger partial charge in [0.25, 0.3) is 0 Å². The quantitative estimate of drug-likeness (QED) is 0.899. The Balaban J connectivity index is 2.42. The van der Waals surface area contributed by atoms with E-state index in [1.165, 1.54) is 10.4 Å². The summed E-state index contributed by atoms with van der Waals surface area (Å²) in [6.07, 6.45) is 2.89. The third kappa shape index (κ3) is 2.97. The summed E-state index contributed by atoms with van der Waals surface area (Å²) in [6.45, 7) is 0.492. The molecule has 2 rings (SSSR count). The molecule has 1 fully saturated rings. The Kier molecular flexibility index (Phi) is 4.97. The molecule has 4 nitrogen and oxygen atoms in total. The van der Waals surface area contributed by atoms with E-state index in [9.17, 15) is 8.42 Å². The molecule has 0 aliphatic heterocycles. The predicted molar refractivity (Wildman–Crippen MR) is 81.8 cm³/mol. The average molecular weight is 337 g/mol. The highest BCUT2D eigenvalue weighted by molar-refractivity contribution is 7.89. The first-order valence-corrected chi connectivity index (χ1v) is 8.68. The summed E-state index contributed by atoms with van der Waals surface area (Å²) in [5, 5.41) is 3.60. The van der Waals surface area contributed by atoms with Crippen molar-refractivity contribution in [2.75, 3.05) is 14.1 Å². The van der Waals surface area contributed by atoms with Crippen molar-refractivity contribution in [3.05, 3.63) is 27.7 Å². The highest BCUT2D eigenvalue weighted by atomic mass is 35.5. The molecule has 1 aliphatic rings. The lowest BCUT2D eigenvalue weighted by Gasteiger charge is -2.34. The van der Waals surface area contributed by atoms with E-state index >= 15 is 0 Å². The van der Waals surface area contributed by atoms with E-state index in [-0.39, 0.29) is 16.0 Å². The Morgan fingerprint density at radius 1 is 1.30 bits per heavy atom. The number of rotatable bonds is 5. The van der Waals surface area contributed by atoms with Gasteiger partial charge < -0.3 is 5.32 Å². The Labute approximate surface area is 130 Å². The van der Waals surface area contributed by atoms with Crippen molar-refractivity contribution >= 4 is 33.2 Å². The molecular formula is C13H18Cl2N2O2S. The number of sulfonamides is 1. The smallest absolute Gasteiger partial charge is 0.244 e. The molecule has 0 saturated heterocycles. The van der Waals surface area contributed by atoms with Crippen LogP contribution >= 0.6 is 23.2 Å². The van der Waals surface area contributed by atoms with Crippen LogP contribution in [0.2, 0.25) is 10.0 Å². The van der Waals surface area contributed by atoms with E-state index in [1.54, 1.807) is 20.2 Å². The van der Waals surface area contributed by atoms with Crippen LogP contribution in [0.4, 0.5) is 0 Å². The van der Waals surface area contributed by atoms with Crippen LogP contribution in [0, 0.1) is 0 Å². The number of nitrogens with zero attached hydrogens (tertiary/aromatic N) is 1. The third-order valence-electron chi connectivity index (χ3n) is 3.71. The SMILES string of the molecule is CNCc1cc(S(=O)(=O)N(C)C2CCC2)c(Cl)cc1Cl. The van der Waals surface area contributed by atoms with Gasteiger partial charge in [0, 0.05) is 24.7 Å². The lowest BCUT2D eigenvalue weighted by Crippen LogP contribution is -2.41. The van der Waals surface area contributed by atoms with Gasteiger partial charge in [-0.2, -0.15) is 4.31 Å². The molecule has 0 radical (unpaired) electrons. The molecule has 112 valence electrons. The van der Waals surface area contributed by atoms with E-state index in [0.29, 0.717) is 11.6 Å². The number of hydrogen-bond acceptors (Lipinski definition) is 3. The minimum absolute atomic E-state index is 0.0829. The minimum atomic E-state index is -3.57. The molecule has 0 unspecified atom stereocenters. The van der Waals surface area contributed by atoms with E-state index in [0.717, 1.165) is 24.8 Å². The number of nitrogens with one attached hydrogen (secondary N) is 1. The van der Waals surface area contributed by atoms with Crippen molar-refractivity contribution in [2.45, 2.75) is 36.7 Å². The Morgan fingerprint density at radius 3 is 2.45 bits per heavy atom. The van der Waals surface area contributed by atoms with Crippen LogP contribution < -0.4 is 5.32 Å². The number of benzene rings is 1. The van der Waals surface area contributed by atoms with Gasteiger partial charge in [-0.15, -0.1) is 0 Å². The molecule has 0 spiro atoms. The molecular weight excluding hydrogens is 319 g/mol. The van der Waals surface area contributed by atoms with Crippen molar-refractivity contribution in [2.24, 2.45) is 0 Å². The van der Waals surface area contributed by atoms with Crippen molar-refractivity contribution in [3.63, 3.8) is 0 Å². The molecule has 1 aliphatic carbocycles. The largest absolute Gasteiger partial charge is 0.316 e. The van der Waals surface area contributed by atoms with E-state index in [4.69, 9.17) is 23.2 Å². The van der Waals surface area contributed by atoms with Gasteiger partial charge in [0.15, 0.2) is 0 Å². The van der Waals surface area contributed by atoms with Crippen molar-refractivity contribution in [1.82, 2.24) is 9.62 Å². The minimum Gasteiger partial charge on any atom is -0.316 e. The first-order chi connectivity index (χ1) is 9.37. The molecule has 0 bridgehead atoms. The topological polar surface area (TPSA) is 49.4 Å². The summed E-state index contributed by atoms with van der Waals surface area (Å²) in [4.78, 5) is 0.128. The molecule has 0 atom stereocenters. The van der Waals surface area contributed by atoms with Crippen LogP contribution in [0.25, 0.3) is 0 Å². The lowest BCUT2D eigenvalue weighted by molar-refractivity contribution is 0.249. The predicted octanol–water partition coefficient (Wildman–Crippen LogP) is 2.89. The summed E-state index contributed by atoms with van der Waals surface area (Å²) >= 11 is 12.2. The zero-order valence-electron chi connectivity index (χ0n) is 11.5. The molecule has 0 aromatic heterocycles. The van der Waals surface area contributed by atoms with Crippen LogP contribution in [-0.2, 0) is 16.6 Å². The Bertz CT molecular complexity index is 601. The second-order valence-electron chi connectivity index (χ2n) is 5.01. The first-order valence-electron chi connectivity index (χ1n) is 6.48.